The lowest BCUT2D eigenvalue weighted by atomic mass is 9.96. The van der Waals surface area contributed by atoms with Gasteiger partial charge in [0.15, 0.2) is 0 Å². The Balaban J connectivity index is 2.43. The van der Waals surface area contributed by atoms with Gasteiger partial charge >= 0.3 is 0 Å². The summed E-state index contributed by atoms with van der Waals surface area (Å²) in [6.45, 7) is 12.5. The Bertz CT molecular complexity index is 689. The molecule has 2 aromatic carbocycles. The monoisotopic (exact) mass is 358 g/mol. The Hall–Kier alpha value is -1.61. The Labute approximate surface area is 156 Å². The Kier molecular flexibility index (Phi) is 6.45. The van der Waals surface area contributed by atoms with Crippen molar-refractivity contribution in [1.82, 2.24) is 0 Å². The molecule has 0 amide bonds. The number of benzene rings is 2. The van der Waals surface area contributed by atoms with Crippen LogP contribution in [0.1, 0.15) is 74.6 Å². The van der Waals surface area contributed by atoms with Crippen LogP contribution in [0.4, 0.5) is 0 Å². The van der Waals surface area contributed by atoms with Crippen LogP contribution in [0.5, 0.6) is 11.5 Å². The van der Waals surface area contributed by atoms with Crippen LogP contribution in [0, 0.1) is 13.8 Å². The van der Waals surface area contributed by atoms with Gasteiger partial charge in [0.1, 0.15) is 11.5 Å². The summed E-state index contributed by atoms with van der Waals surface area (Å²) in [7, 11) is 0. The van der Waals surface area contributed by atoms with Crippen molar-refractivity contribution in [2.24, 2.45) is 0 Å². The van der Waals surface area contributed by atoms with Gasteiger partial charge in [-0.1, -0.05) is 39.5 Å². The molecule has 0 radical (unpaired) electrons. The van der Waals surface area contributed by atoms with E-state index in [-0.39, 0.29) is 0 Å². The van der Waals surface area contributed by atoms with Gasteiger partial charge in [-0.15, -0.1) is 0 Å². The van der Waals surface area contributed by atoms with Crippen LogP contribution in [0.25, 0.3) is 0 Å². The maximum atomic E-state index is 10.4. The molecule has 0 bridgehead atoms. The summed E-state index contributed by atoms with van der Waals surface area (Å²) in [5, 5.41) is 20.8. The quantitative estimate of drug-likeness (QED) is 0.590. The minimum absolute atomic E-state index is 0.330. The first-order valence-electron chi connectivity index (χ1n) is 9.13. The number of aromatic hydroxyl groups is 2. The predicted molar refractivity (Wildman–Crippen MR) is 107 cm³/mol. The van der Waals surface area contributed by atoms with Crippen LogP contribution < -0.4 is 0 Å². The van der Waals surface area contributed by atoms with Gasteiger partial charge in [0, 0.05) is 9.79 Å². The maximum Gasteiger partial charge on any atom is 0.122 e. The summed E-state index contributed by atoms with van der Waals surface area (Å²) >= 11 is 1.70. The molecule has 0 spiro atoms. The predicted octanol–water partition coefficient (Wildman–Crippen LogP) is 6.89. The molecule has 0 aliphatic rings. The van der Waals surface area contributed by atoms with Crippen molar-refractivity contribution >= 4 is 11.8 Å². The van der Waals surface area contributed by atoms with Crippen LogP contribution in [-0.2, 0) is 0 Å². The minimum atomic E-state index is 0.330. The molecule has 25 heavy (non-hydrogen) atoms. The highest BCUT2D eigenvalue weighted by atomic mass is 32.2. The van der Waals surface area contributed by atoms with E-state index in [1.807, 2.05) is 26.0 Å². The van der Waals surface area contributed by atoms with Gasteiger partial charge in [0.05, 0.1) is 0 Å². The maximum absolute atomic E-state index is 10.4. The number of rotatable bonds is 6. The fraction of sp³-hybridized carbons (Fsp3) is 0.455. The number of phenols is 2. The third-order valence-corrected chi connectivity index (χ3v) is 6.07. The van der Waals surface area contributed by atoms with Crippen molar-refractivity contribution in [1.29, 1.82) is 0 Å². The second kappa shape index (κ2) is 8.18. The molecule has 2 unspecified atom stereocenters. The molecular weight excluding hydrogens is 328 g/mol. The fourth-order valence-corrected chi connectivity index (χ4v) is 4.11. The van der Waals surface area contributed by atoms with E-state index >= 15 is 0 Å². The SMILES string of the molecule is CCC(C)c1cc(Sc2cc(C)c(O)c(C(C)CC)c2)cc(C)c1O. The number of aryl methyl sites for hydroxylation is 2. The van der Waals surface area contributed by atoms with Gasteiger partial charge in [-0.05, 0) is 85.0 Å². The summed E-state index contributed by atoms with van der Waals surface area (Å²) < 4.78 is 0. The van der Waals surface area contributed by atoms with E-state index in [1.165, 1.54) is 0 Å². The summed E-state index contributed by atoms with van der Waals surface area (Å²) in [4.78, 5) is 2.26. The molecular formula is C22H30O2S. The summed E-state index contributed by atoms with van der Waals surface area (Å²) in [6.07, 6.45) is 2.00. The van der Waals surface area contributed by atoms with E-state index in [0.29, 0.717) is 23.3 Å². The van der Waals surface area contributed by atoms with Crippen molar-refractivity contribution in [3.63, 3.8) is 0 Å². The normalized spacial score (nSPS) is 13.7. The number of hydrogen-bond acceptors (Lipinski definition) is 3. The van der Waals surface area contributed by atoms with Gasteiger partial charge in [0.2, 0.25) is 0 Å². The highest BCUT2D eigenvalue weighted by Gasteiger charge is 2.16. The molecule has 2 atom stereocenters. The molecule has 0 fully saturated rings. The van der Waals surface area contributed by atoms with Crippen molar-refractivity contribution in [2.75, 3.05) is 0 Å². The lowest BCUT2D eigenvalue weighted by Gasteiger charge is -2.17. The van der Waals surface area contributed by atoms with Crippen molar-refractivity contribution in [2.45, 2.75) is 76.0 Å². The highest BCUT2D eigenvalue weighted by Crippen LogP contribution is 2.40. The largest absolute Gasteiger partial charge is 0.507 e. The standard InChI is InChI=1S/C22H30O2S/c1-7-13(3)19-11-17(9-15(5)21(19)23)25-18-10-16(6)22(24)20(12-18)14(4)8-2/h9-14,23-24H,7-8H2,1-6H3. The van der Waals surface area contributed by atoms with Crippen LogP contribution in [0.15, 0.2) is 34.1 Å². The van der Waals surface area contributed by atoms with Crippen molar-refractivity contribution in [3.05, 3.63) is 46.5 Å². The van der Waals surface area contributed by atoms with Crippen LogP contribution >= 0.6 is 11.8 Å². The zero-order valence-electron chi connectivity index (χ0n) is 16.2. The molecule has 2 nitrogen and oxygen atoms in total. The average molecular weight is 359 g/mol. The topological polar surface area (TPSA) is 40.5 Å². The second-order valence-corrected chi connectivity index (χ2v) is 8.22. The van der Waals surface area contributed by atoms with Gasteiger partial charge in [0.25, 0.3) is 0 Å². The molecule has 0 saturated heterocycles. The first-order chi connectivity index (χ1) is 11.8. The van der Waals surface area contributed by atoms with E-state index in [9.17, 15) is 10.2 Å². The van der Waals surface area contributed by atoms with Crippen molar-refractivity contribution < 1.29 is 10.2 Å². The van der Waals surface area contributed by atoms with Crippen molar-refractivity contribution in [3.8, 4) is 11.5 Å². The van der Waals surface area contributed by atoms with Crippen LogP contribution in [0.3, 0.4) is 0 Å². The summed E-state index contributed by atoms with van der Waals surface area (Å²) in [6, 6.07) is 8.28. The van der Waals surface area contributed by atoms with Gasteiger partial charge in [-0.3, -0.25) is 0 Å². The summed E-state index contributed by atoms with van der Waals surface area (Å²) in [5.41, 5.74) is 3.86. The lowest BCUT2D eigenvalue weighted by molar-refractivity contribution is 0.456. The van der Waals surface area contributed by atoms with E-state index in [0.717, 1.165) is 44.9 Å². The molecule has 0 aliphatic heterocycles. The van der Waals surface area contributed by atoms with Gasteiger partial charge < -0.3 is 10.2 Å². The highest BCUT2D eigenvalue weighted by molar-refractivity contribution is 7.99. The lowest BCUT2D eigenvalue weighted by Crippen LogP contribution is -1.96. The third kappa shape index (κ3) is 4.33. The molecule has 0 saturated carbocycles. The number of hydrogen-bond donors (Lipinski definition) is 2. The minimum Gasteiger partial charge on any atom is -0.507 e. The first-order valence-corrected chi connectivity index (χ1v) is 9.94. The van der Waals surface area contributed by atoms with E-state index in [1.54, 1.807) is 11.8 Å². The zero-order chi connectivity index (χ0) is 18.7. The molecule has 0 heterocycles. The van der Waals surface area contributed by atoms with Gasteiger partial charge in [-0.25, -0.2) is 0 Å². The molecule has 3 heteroatoms. The molecule has 2 aromatic rings. The summed E-state index contributed by atoms with van der Waals surface area (Å²) in [5.74, 6) is 1.50. The first kappa shape index (κ1) is 19.7. The smallest absolute Gasteiger partial charge is 0.122 e. The zero-order valence-corrected chi connectivity index (χ0v) is 17.0. The fourth-order valence-electron chi connectivity index (χ4n) is 2.99. The molecule has 136 valence electrons. The van der Waals surface area contributed by atoms with E-state index in [4.69, 9.17) is 0 Å². The Morgan fingerprint density at radius 3 is 1.44 bits per heavy atom. The second-order valence-electron chi connectivity index (χ2n) is 7.08. The Morgan fingerprint density at radius 1 is 0.760 bits per heavy atom. The van der Waals surface area contributed by atoms with Crippen LogP contribution in [0.2, 0.25) is 0 Å². The average Bonchev–Trinajstić information content (AvgIpc) is 2.59. The molecule has 0 aromatic heterocycles. The molecule has 0 aliphatic carbocycles. The third-order valence-electron chi connectivity index (χ3n) is 5.13. The molecule has 2 N–H and O–H groups in total. The van der Waals surface area contributed by atoms with E-state index in [2.05, 4.69) is 39.8 Å². The molecule has 2 rings (SSSR count). The van der Waals surface area contributed by atoms with E-state index < -0.39 is 0 Å². The number of phenolic OH excluding ortho intramolecular Hbond substituents is 2. The Morgan fingerprint density at radius 2 is 1.12 bits per heavy atom. The van der Waals surface area contributed by atoms with Crippen LogP contribution in [-0.4, -0.2) is 10.2 Å². The van der Waals surface area contributed by atoms with Gasteiger partial charge in [-0.2, -0.15) is 0 Å².